The third-order valence-corrected chi connectivity index (χ3v) is 2.26. The Morgan fingerprint density at radius 1 is 1.33 bits per heavy atom. The van der Waals surface area contributed by atoms with Crippen molar-refractivity contribution in [2.75, 3.05) is 33.8 Å². The van der Waals surface area contributed by atoms with Gasteiger partial charge in [0.25, 0.3) is 0 Å². The van der Waals surface area contributed by atoms with Gasteiger partial charge in [-0.15, -0.1) is 6.58 Å². The molecule has 15 heavy (non-hydrogen) atoms. The van der Waals surface area contributed by atoms with E-state index in [4.69, 9.17) is 4.74 Å². The fourth-order valence-corrected chi connectivity index (χ4v) is 1.28. The SMILES string of the molecule is C=CCC[N+](C)(C)CCCOC(=O)C=C. The van der Waals surface area contributed by atoms with E-state index in [2.05, 4.69) is 27.3 Å². The predicted molar refractivity (Wildman–Crippen MR) is 62.4 cm³/mol. The smallest absolute Gasteiger partial charge is 0.330 e. The molecule has 0 unspecified atom stereocenters. The summed E-state index contributed by atoms with van der Waals surface area (Å²) in [4.78, 5) is 10.7. The number of hydrogen-bond donors (Lipinski definition) is 0. The lowest BCUT2D eigenvalue weighted by Crippen LogP contribution is -2.41. The van der Waals surface area contributed by atoms with Gasteiger partial charge < -0.3 is 9.22 Å². The number of nitrogens with zero attached hydrogens (tertiary/aromatic N) is 1. The molecule has 0 spiro atoms. The highest BCUT2D eigenvalue weighted by molar-refractivity contribution is 5.81. The minimum atomic E-state index is -0.341. The first-order valence-electron chi connectivity index (χ1n) is 5.24. The van der Waals surface area contributed by atoms with Crippen molar-refractivity contribution in [1.82, 2.24) is 0 Å². The topological polar surface area (TPSA) is 26.3 Å². The van der Waals surface area contributed by atoms with Gasteiger partial charge in [-0.1, -0.05) is 12.7 Å². The molecule has 0 heterocycles. The van der Waals surface area contributed by atoms with E-state index in [-0.39, 0.29) is 5.97 Å². The van der Waals surface area contributed by atoms with Gasteiger partial charge in [0.05, 0.1) is 33.8 Å². The lowest BCUT2D eigenvalue weighted by Gasteiger charge is -2.29. The molecule has 3 nitrogen and oxygen atoms in total. The van der Waals surface area contributed by atoms with Gasteiger partial charge in [-0.05, 0) is 0 Å². The van der Waals surface area contributed by atoms with E-state index in [1.807, 2.05) is 6.08 Å². The molecule has 0 atom stereocenters. The summed E-state index contributed by atoms with van der Waals surface area (Å²) in [5, 5.41) is 0. The molecule has 86 valence electrons. The molecule has 0 saturated carbocycles. The van der Waals surface area contributed by atoms with Crippen LogP contribution >= 0.6 is 0 Å². The summed E-state index contributed by atoms with van der Waals surface area (Å²) in [6, 6.07) is 0. The maximum absolute atomic E-state index is 10.7. The molecule has 0 fully saturated rings. The average molecular weight is 212 g/mol. The van der Waals surface area contributed by atoms with Gasteiger partial charge >= 0.3 is 5.97 Å². The first-order chi connectivity index (χ1) is 7.02. The van der Waals surface area contributed by atoms with Crippen molar-refractivity contribution >= 4 is 5.97 Å². The summed E-state index contributed by atoms with van der Waals surface area (Å²) in [5.74, 6) is -0.341. The van der Waals surface area contributed by atoms with Crippen LogP contribution in [0.2, 0.25) is 0 Å². The largest absolute Gasteiger partial charge is 0.462 e. The summed E-state index contributed by atoms with van der Waals surface area (Å²) in [6.07, 6.45) is 5.01. The van der Waals surface area contributed by atoms with Crippen molar-refractivity contribution in [2.24, 2.45) is 0 Å². The number of carbonyl (C=O) groups excluding carboxylic acids is 1. The summed E-state index contributed by atoms with van der Waals surface area (Å²) in [6.45, 7) is 9.58. The second-order valence-electron chi connectivity index (χ2n) is 4.19. The molecule has 0 aliphatic carbocycles. The number of carbonyl (C=O) groups is 1. The second kappa shape index (κ2) is 7.23. The number of rotatable bonds is 8. The highest BCUT2D eigenvalue weighted by atomic mass is 16.5. The van der Waals surface area contributed by atoms with Crippen molar-refractivity contribution in [2.45, 2.75) is 12.8 Å². The van der Waals surface area contributed by atoms with Gasteiger partial charge in [-0.25, -0.2) is 4.79 Å². The lowest BCUT2D eigenvalue weighted by atomic mass is 10.3. The summed E-state index contributed by atoms with van der Waals surface area (Å²) in [7, 11) is 4.33. The molecule has 0 aliphatic heterocycles. The molecule has 0 amide bonds. The van der Waals surface area contributed by atoms with Crippen LogP contribution in [0.1, 0.15) is 12.8 Å². The summed E-state index contributed by atoms with van der Waals surface area (Å²) >= 11 is 0. The normalized spacial score (nSPS) is 10.8. The van der Waals surface area contributed by atoms with Crippen LogP contribution in [0.15, 0.2) is 25.3 Å². The Labute approximate surface area is 92.6 Å². The van der Waals surface area contributed by atoms with Crippen molar-refractivity contribution in [1.29, 1.82) is 0 Å². The Hall–Kier alpha value is -1.09. The molecule has 0 aromatic carbocycles. The van der Waals surface area contributed by atoms with Crippen molar-refractivity contribution in [3.8, 4) is 0 Å². The highest BCUT2D eigenvalue weighted by Crippen LogP contribution is 2.02. The van der Waals surface area contributed by atoms with Crippen LogP contribution in [0, 0.1) is 0 Å². The highest BCUT2D eigenvalue weighted by Gasteiger charge is 2.13. The zero-order valence-electron chi connectivity index (χ0n) is 9.87. The monoisotopic (exact) mass is 212 g/mol. The van der Waals surface area contributed by atoms with Gasteiger partial charge in [0.2, 0.25) is 0 Å². The van der Waals surface area contributed by atoms with Gasteiger partial charge in [0.15, 0.2) is 0 Å². The van der Waals surface area contributed by atoms with E-state index in [1.165, 1.54) is 6.08 Å². The molecule has 0 aromatic rings. The van der Waals surface area contributed by atoms with Crippen LogP contribution in [0.4, 0.5) is 0 Å². The number of quaternary nitrogens is 1. The van der Waals surface area contributed by atoms with Crippen LogP contribution < -0.4 is 0 Å². The maximum atomic E-state index is 10.7. The van der Waals surface area contributed by atoms with Crippen molar-refractivity contribution < 1.29 is 14.0 Å². The average Bonchev–Trinajstić information content (AvgIpc) is 2.21. The summed E-state index contributed by atoms with van der Waals surface area (Å²) in [5.41, 5.74) is 0. The van der Waals surface area contributed by atoms with E-state index in [9.17, 15) is 4.79 Å². The van der Waals surface area contributed by atoms with E-state index in [1.54, 1.807) is 0 Å². The Kier molecular flexibility index (Phi) is 6.71. The van der Waals surface area contributed by atoms with Crippen LogP contribution in [-0.2, 0) is 9.53 Å². The molecular weight excluding hydrogens is 190 g/mol. The quantitative estimate of drug-likeness (QED) is 0.201. The molecule has 0 rings (SSSR count). The third-order valence-electron chi connectivity index (χ3n) is 2.26. The third kappa shape index (κ3) is 7.94. The zero-order valence-corrected chi connectivity index (χ0v) is 9.87. The summed E-state index contributed by atoms with van der Waals surface area (Å²) < 4.78 is 5.83. The van der Waals surface area contributed by atoms with Gasteiger partial charge in [0, 0.05) is 18.9 Å². The fourth-order valence-electron chi connectivity index (χ4n) is 1.28. The lowest BCUT2D eigenvalue weighted by molar-refractivity contribution is -0.890. The van der Waals surface area contributed by atoms with E-state index in [0.29, 0.717) is 6.61 Å². The number of ether oxygens (including phenoxy) is 1. The Morgan fingerprint density at radius 2 is 2.00 bits per heavy atom. The molecule has 3 heteroatoms. The van der Waals surface area contributed by atoms with Crippen LogP contribution in [0.3, 0.4) is 0 Å². The minimum absolute atomic E-state index is 0.341. The van der Waals surface area contributed by atoms with Crippen molar-refractivity contribution in [3.05, 3.63) is 25.3 Å². The van der Waals surface area contributed by atoms with Gasteiger partial charge in [-0.2, -0.15) is 0 Å². The zero-order chi connectivity index (χ0) is 11.7. The number of hydrogen-bond acceptors (Lipinski definition) is 2. The Morgan fingerprint density at radius 3 is 2.53 bits per heavy atom. The fraction of sp³-hybridized carbons (Fsp3) is 0.583. The predicted octanol–water partition coefficient (Wildman–Crippen LogP) is 1.76. The van der Waals surface area contributed by atoms with Crippen LogP contribution in [0.25, 0.3) is 0 Å². The van der Waals surface area contributed by atoms with E-state index >= 15 is 0 Å². The van der Waals surface area contributed by atoms with Crippen LogP contribution in [-0.4, -0.2) is 44.2 Å². The standard InChI is InChI=1S/C12H22NO2/c1-5-7-9-13(3,4)10-8-11-15-12(14)6-2/h5-6H,1-2,7-11H2,3-4H3/q+1. The van der Waals surface area contributed by atoms with Crippen molar-refractivity contribution in [3.63, 3.8) is 0 Å². The molecule has 0 saturated heterocycles. The second-order valence-corrected chi connectivity index (χ2v) is 4.19. The molecule has 0 aromatic heterocycles. The van der Waals surface area contributed by atoms with Crippen LogP contribution in [0.5, 0.6) is 0 Å². The molecular formula is C12H22NO2+. The maximum Gasteiger partial charge on any atom is 0.330 e. The Bertz CT molecular complexity index is 222. The minimum Gasteiger partial charge on any atom is -0.462 e. The van der Waals surface area contributed by atoms with Gasteiger partial charge in [-0.3, -0.25) is 0 Å². The first-order valence-corrected chi connectivity index (χ1v) is 5.24. The first kappa shape index (κ1) is 13.9. The molecule has 0 radical (unpaired) electrons. The molecule has 0 N–H and O–H groups in total. The van der Waals surface area contributed by atoms with Gasteiger partial charge in [0.1, 0.15) is 0 Å². The molecule has 0 bridgehead atoms. The Balaban J connectivity index is 3.60. The van der Waals surface area contributed by atoms with E-state index in [0.717, 1.165) is 30.4 Å². The number of esters is 1. The van der Waals surface area contributed by atoms with E-state index < -0.39 is 0 Å². The molecule has 0 aliphatic rings.